The molecule has 0 bridgehead atoms. The fourth-order valence-electron chi connectivity index (χ4n) is 0.714. The Morgan fingerprint density at radius 1 is 0.895 bits per heavy atom. The molecule has 19 heavy (non-hydrogen) atoms. The fourth-order valence-corrected chi connectivity index (χ4v) is 0.714. The first kappa shape index (κ1) is 22.4. The van der Waals surface area contributed by atoms with Gasteiger partial charge in [-0.25, -0.2) is 4.79 Å². The van der Waals surface area contributed by atoms with E-state index in [1.165, 1.54) is 0 Å². The Kier molecular flexibility index (Phi) is 9.83. The molecule has 0 fully saturated rings. The molecule has 0 aliphatic rings. The number of carboxylic acid groups (broad SMARTS) is 3. The van der Waals surface area contributed by atoms with Gasteiger partial charge in [0.1, 0.15) is 0 Å². The van der Waals surface area contributed by atoms with Crippen molar-refractivity contribution in [2.24, 2.45) is 0 Å². The molecule has 0 saturated heterocycles. The van der Waals surface area contributed by atoms with Crippen LogP contribution in [-0.2, 0) is 38.9 Å². The molecule has 0 radical (unpaired) electrons. The molecule has 114 valence electrons. The average Bonchev–Trinajstić information content (AvgIpc) is 1.95. The van der Waals surface area contributed by atoms with Crippen molar-refractivity contribution in [3.63, 3.8) is 0 Å². The Hall–Kier alpha value is -1.79. The van der Waals surface area contributed by atoms with Gasteiger partial charge in [0.15, 0.2) is 5.60 Å². The summed E-state index contributed by atoms with van der Waals surface area (Å²) in [5.41, 5.74) is -2.74. The van der Waals surface area contributed by atoms with Gasteiger partial charge in [0.2, 0.25) is 0 Å². The van der Waals surface area contributed by atoms with Crippen LogP contribution in [-0.4, -0.2) is 48.1 Å². The van der Waals surface area contributed by atoms with Crippen molar-refractivity contribution >= 4 is 17.9 Å². The van der Waals surface area contributed by atoms with Crippen molar-refractivity contribution in [2.45, 2.75) is 18.4 Å². The molecule has 0 spiro atoms. The molecule has 0 unspecified atom stereocenters. The third-order valence-electron chi connectivity index (χ3n) is 1.29. The molecule has 0 amide bonds. The SMILES string of the molecule is N.O=C(O)CC(O)(CC(=O)O)C(=O)O.[O]=[Mn](=[O])(=[O])[OH]. The van der Waals surface area contributed by atoms with E-state index in [9.17, 15) is 14.4 Å². The Morgan fingerprint density at radius 3 is 1.21 bits per heavy atom. The van der Waals surface area contributed by atoms with E-state index in [0.29, 0.717) is 0 Å². The van der Waals surface area contributed by atoms with E-state index in [1.54, 1.807) is 0 Å². The van der Waals surface area contributed by atoms with Crippen molar-refractivity contribution in [3.8, 4) is 0 Å². The summed E-state index contributed by atoms with van der Waals surface area (Å²) in [5, 5.41) is 33.8. The molecule has 0 heterocycles. The zero-order chi connectivity index (χ0) is 15.1. The topological polar surface area (TPSA) is 239 Å². The van der Waals surface area contributed by atoms with Crippen LogP contribution < -0.4 is 6.15 Å². The summed E-state index contributed by atoms with van der Waals surface area (Å²) in [6.45, 7) is 0. The van der Waals surface area contributed by atoms with Gasteiger partial charge in [0.05, 0.1) is 12.8 Å². The maximum atomic E-state index is 10.3. The van der Waals surface area contributed by atoms with Crippen LogP contribution in [0.15, 0.2) is 0 Å². The van der Waals surface area contributed by atoms with Gasteiger partial charge in [-0.1, -0.05) is 0 Å². The van der Waals surface area contributed by atoms with Crippen molar-refractivity contribution < 1.29 is 63.5 Å². The molecule has 12 nitrogen and oxygen atoms in total. The standard InChI is InChI=1S/C6H8O7.Mn.H3N.H2O.3O/c7-3(8)1-6(13,5(11)12)2-4(9)10;;;;;;/h13H,1-2H2,(H,7,8)(H,9,10)(H,11,12);;1H3;1H2;;;/q;+1;;;;;/p-1. The monoisotopic (exact) mass is 329 g/mol. The molecule has 8 N–H and O–H groups in total. The number of aliphatic carboxylic acids is 3. The molecule has 0 aromatic carbocycles. The Bertz CT molecular complexity index is 456. The fraction of sp³-hybridized carbons (Fsp3) is 0.500. The summed E-state index contributed by atoms with van der Waals surface area (Å²) >= 11 is -5.38. The second-order valence-electron chi connectivity index (χ2n) is 2.87. The molecule has 13 heteroatoms. The Balaban J connectivity index is -0.000000366. The van der Waals surface area contributed by atoms with Gasteiger partial charge in [-0.3, -0.25) is 9.59 Å². The Morgan fingerprint density at radius 2 is 1.11 bits per heavy atom. The Labute approximate surface area is 107 Å². The zero-order valence-electron chi connectivity index (χ0n) is 9.18. The number of carbonyl (C=O) groups is 3. The van der Waals surface area contributed by atoms with Gasteiger partial charge in [0, 0.05) is 0 Å². The van der Waals surface area contributed by atoms with E-state index in [2.05, 4.69) is 0 Å². The summed E-state index contributed by atoms with van der Waals surface area (Å²) < 4.78 is 33.1. The predicted octanol–water partition coefficient (Wildman–Crippen LogP) is -2.00. The third kappa shape index (κ3) is 16.2. The van der Waals surface area contributed by atoms with Crippen LogP contribution in [0.1, 0.15) is 12.8 Å². The van der Waals surface area contributed by atoms with E-state index in [1.807, 2.05) is 0 Å². The van der Waals surface area contributed by atoms with Gasteiger partial charge in [-0.05, 0) is 0 Å². The number of carboxylic acids is 3. The first-order chi connectivity index (χ1) is 7.78. The van der Waals surface area contributed by atoms with E-state index in [-0.39, 0.29) is 6.15 Å². The van der Waals surface area contributed by atoms with E-state index >= 15 is 0 Å². The molecule has 0 aromatic heterocycles. The molecular formula is C6H12MnNO11. The molecular weight excluding hydrogens is 317 g/mol. The minimum absolute atomic E-state index is 0. The summed E-state index contributed by atoms with van der Waals surface area (Å²) in [6.07, 6.45) is -2.29. The van der Waals surface area contributed by atoms with Crippen LogP contribution in [0, 0.1) is 0 Å². The first-order valence-corrected chi connectivity index (χ1v) is 5.78. The first-order valence-electron chi connectivity index (χ1n) is 3.80. The summed E-state index contributed by atoms with van der Waals surface area (Å²) in [7, 11) is 0. The van der Waals surface area contributed by atoms with Crippen LogP contribution in [0.25, 0.3) is 0 Å². The second-order valence-corrected chi connectivity index (χ2v) is 4.11. The van der Waals surface area contributed by atoms with Gasteiger partial charge in [-0.15, -0.1) is 0 Å². The van der Waals surface area contributed by atoms with Gasteiger partial charge < -0.3 is 26.6 Å². The molecule has 0 rings (SSSR count). The van der Waals surface area contributed by atoms with Crippen molar-refractivity contribution in [2.75, 3.05) is 0 Å². The molecule has 0 aliphatic heterocycles. The normalized spacial score (nSPS) is 10.4. The molecule has 0 aliphatic carbocycles. The number of hydrogen-bond acceptors (Lipinski definition) is 8. The minimum atomic E-state index is -5.38. The van der Waals surface area contributed by atoms with E-state index in [0.717, 1.165) is 0 Å². The van der Waals surface area contributed by atoms with E-state index < -0.39 is 49.3 Å². The van der Waals surface area contributed by atoms with Crippen molar-refractivity contribution in [3.05, 3.63) is 0 Å². The summed E-state index contributed by atoms with van der Waals surface area (Å²) in [6, 6.07) is 0. The number of hydrogen-bond donors (Lipinski definition) is 6. The number of aliphatic hydroxyl groups is 1. The molecule has 0 saturated carbocycles. The van der Waals surface area contributed by atoms with Crippen LogP contribution in [0.3, 0.4) is 0 Å². The molecule has 0 aromatic rings. The quantitative estimate of drug-likeness (QED) is 0.300. The van der Waals surface area contributed by atoms with Gasteiger partial charge in [-0.2, -0.15) is 0 Å². The van der Waals surface area contributed by atoms with Crippen LogP contribution in [0.4, 0.5) is 0 Å². The zero-order valence-corrected chi connectivity index (χ0v) is 10.4. The predicted molar refractivity (Wildman–Crippen MR) is 46.4 cm³/mol. The van der Waals surface area contributed by atoms with Crippen LogP contribution >= 0.6 is 0 Å². The second kappa shape index (κ2) is 8.34. The summed E-state index contributed by atoms with van der Waals surface area (Å²) in [4.78, 5) is 30.5. The van der Waals surface area contributed by atoms with E-state index in [4.69, 9.17) is 36.1 Å². The van der Waals surface area contributed by atoms with Crippen LogP contribution in [0.2, 0.25) is 0 Å². The average molecular weight is 329 g/mol. The molecule has 0 atom stereocenters. The number of rotatable bonds is 5. The maximum absolute atomic E-state index is 10.3. The van der Waals surface area contributed by atoms with Crippen LogP contribution in [0.5, 0.6) is 0 Å². The van der Waals surface area contributed by atoms with Gasteiger partial charge >= 0.3 is 46.6 Å². The third-order valence-corrected chi connectivity index (χ3v) is 1.29. The van der Waals surface area contributed by atoms with Gasteiger partial charge in [0.25, 0.3) is 0 Å². The van der Waals surface area contributed by atoms with Crippen molar-refractivity contribution in [1.29, 1.82) is 0 Å². The summed E-state index contributed by atoms with van der Waals surface area (Å²) in [5.74, 6) is -5.02. The van der Waals surface area contributed by atoms with Crippen molar-refractivity contribution in [1.82, 2.24) is 6.15 Å².